The molecule has 1 atom stereocenters. The van der Waals surface area contributed by atoms with Gasteiger partial charge in [0.1, 0.15) is 0 Å². The van der Waals surface area contributed by atoms with Gasteiger partial charge < -0.3 is 14.8 Å². The van der Waals surface area contributed by atoms with Crippen LogP contribution >= 0.6 is 0 Å². The first-order valence-electron chi connectivity index (χ1n) is 6.15. The van der Waals surface area contributed by atoms with Crippen LogP contribution in [0.3, 0.4) is 0 Å². The molecule has 18 heavy (non-hydrogen) atoms. The van der Waals surface area contributed by atoms with Gasteiger partial charge in [-0.2, -0.15) is 0 Å². The van der Waals surface area contributed by atoms with E-state index in [2.05, 4.69) is 11.4 Å². The maximum Gasteiger partial charge on any atom is 0.216 e. The Morgan fingerprint density at radius 1 is 1.39 bits per heavy atom. The van der Waals surface area contributed by atoms with Crippen molar-refractivity contribution in [3.05, 3.63) is 23.3 Å². The van der Waals surface area contributed by atoms with Crippen LogP contribution < -0.4 is 14.8 Å². The highest BCUT2D eigenvalue weighted by Crippen LogP contribution is 2.42. The van der Waals surface area contributed by atoms with E-state index in [9.17, 15) is 4.79 Å². The Balaban J connectivity index is 2.26. The molecule has 1 amide bonds. The second kappa shape index (κ2) is 5.29. The highest BCUT2D eigenvalue weighted by molar-refractivity contribution is 5.73. The number of rotatable bonds is 4. The van der Waals surface area contributed by atoms with Crippen molar-refractivity contribution in [2.75, 3.05) is 20.8 Å². The average Bonchev–Trinajstić information content (AvgIpc) is 2.78. The standard InChI is InChI=1S/C14H19NO3/c1-9(16)15-8-10-4-5-12-11(10)6-7-13(17-2)14(12)18-3/h6-7,10H,4-5,8H2,1-3H3,(H,15,16). The highest BCUT2D eigenvalue weighted by atomic mass is 16.5. The topological polar surface area (TPSA) is 47.6 Å². The summed E-state index contributed by atoms with van der Waals surface area (Å²) in [5.74, 6) is 2.00. The Labute approximate surface area is 107 Å². The summed E-state index contributed by atoms with van der Waals surface area (Å²) in [5.41, 5.74) is 2.48. The molecule has 4 heteroatoms. The van der Waals surface area contributed by atoms with Crippen LogP contribution in [0.1, 0.15) is 30.4 Å². The fourth-order valence-electron chi connectivity index (χ4n) is 2.60. The zero-order chi connectivity index (χ0) is 13.1. The zero-order valence-corrected chi connectivity index (χ0v) is 11.1. The summed E-state index contributed by atoms with van der Waals surface area (Å²) in [5, 5.41) is 2.88. The molecule has 0 saturated heterocycles. The Morgan fingerprint density at radius 2 is 2.17 bits per heavy atom. The first-order valence-corrected chi connectivity index (χ1v) is 6.15. The summed E-state index contributed by atoms with van der Waals surface area (Å²) in [6.07, 6.45) is 2.01. The molecule has 0 aromatic heterocycles. The molecule has 0 saturated carbocycles. The van der Waals surface area contributed by atoms with E-state index in [0.29, 0.717) is 12.5 Å². The molecule has 1 aliphatic rings. The number of hydrogen-bond acceptors (Lipinski definition) is 3. The lowest BCUT2D eigenvalue weighted by Crippen LogP contribution is -2.24. The van der Waals surface area contributed by atoms with Crippen LogP contribution in [0.2, 0.25) is 0 Å². The second-order valence-electron chi connectivity index (χ2n) is 4.54. The van der Waals surface area contributed by atoms with Gasteiger partial charge in [0.15, 0.2) is 11.5 Å². The van der Waals surface area contributed by atoms with Crippen LogP contribution in [-0.2, 0) is 11.2 Å². The fraction of sp³-hybridized carbons (Fsp3) is 0.500. The van der Waals surface area contributed by atoms with Crippen LogP contribution in [0.25, 0.3) is 0 Å². The third-order valence-corrected chi connectivity index (χ3v) is 3.46. The molecular weight excluding hydrogens is 230 g/mol. The number of amides is 1. The Morgan fingerprint density at radius 3 is 2.78 bits per heavy atom. The maximum atomic E-state index is 11.0. The molecule has 1 aromatic rings. The van der Waals surface area contributed by atoms with Crippen LogP contribution in [0.5, 0.6) is 11.5 Å². The third-order valence-electron chi connectivity index (χ3n) is 3.46. The lowest BCUT2D eigenvalue weighted by Gasteiger charge is -2.15. The molecule has 98 valence electrons. The van der Waals surface area contributed by atoms with Gasteiger partial charge in [-0.15, -0.1) is 0 Å². The van der Waals surface area contributed by atoms with Crippen molar-refractivity contribution >= 4 is 5.91 Å². The van der Waals surface area contributed by atoms with E-state index in [1.807, 2.05) is 6.07 Å². The molecule has 1 unspecified atom stereocenters. The average molecular weight is 249 g/mol. The van der Waals surface area contributed by atoms with Crippen LogP contribution in [0.15, 0.2) is 12.1 Å². The smallest absolute Gasteiger partial charge is 0.216 e. The van der Waals surface area contributed by atoms with E-state index in [1.165, 1.54) is 11.1 Å². The second-order valence-corrected chi connectivity index (χ2v) is 4.54. The molecule has 2 rings (SSSR count). The quantitative estimate of drug-likeness (QED) is 0.886. The first-order chi connectivity index (χ1) is 8.67. The van der Waals surface area contributed by atoms with Crippen molar-refractivity contribution in [3.8, 4) is 11.5 Å². The van der Waals surface area contributed by atoms with Gasteiger partial charge in [0.2, 0.25) is 5.91 Å². The normalized spacial score (nSPS) is 17.2. The highest BCUT2D eigenvalue weighted by Gasteiger charge is 2.27. The van der Waals surface area contributed by atoms with Gasteiger partial charge >= 0.3 is 0 Å². The molecule has 1 N–H and O–H groups in total. The Hall–Kier alpha value is -1.71. The van der Waals surface area contributed by atoms with E-state index in [-0.39, 0.29) is 5.91 Å². The first kappa shape index (κ1) is 12.7. The van der Waals surface area contributed by atoms with Gasteiger partial charge in [-0.25, -0.2) is 0 Å². The van der Waals surface area contributed by atoms with Gasteiger partial charge in [0, 0.05) is 24.9 Å². The molecule has 4 nitrogen and oxygen atoms in total. The van der Waals surface area contributed by atoms with Crippen molar-refractivity contribution in [1.82, 2.24) is 5.32 Å². The maximum absolute atomic E-state index is 11.0. The van der Waals surface area contributed by atoms with Crippen molar-refractivity contribution in [2.45, 2.75) is 25.7 Å². The van der Waals surface area contributed by atoms with Gasteiger partial charge in [0.25, 0.3) is 0 Å². The van der Waals surface area contributed by atoms with Gasteiger partial charge in [-0.3, -0.25) is 4.79 Å². The number of hydrogen-bond donors (Lipinski definition) is 1. The molecule has 0 heterocycles. The van der Waals surface area contributed by atoms with Crippen molar-refractivity contribution < 1.29 is 14.3 Å². The molecule has 0 radical (unpaired) electrons. The molecule has 0 bridgehead atoms. The number of benzene rings is 1. The number of nitrogens with one attached hydrogen (secondary N) is 1. The molecule has 1 aliphatic carbocycles. The minimum Gasteiger partial charge on any atom is -0.493 e. The van der Waals surface area contributed by atoms with E-state index in [0.717, 1.165) is 24.3 Å². The number of carbonyl (C=O) groups excluding carboxylic acids is 1. The fourth-order valence-corrected chi connectivity index (χ4v) is 2.60. The number of ether oxygens (including phenoxy) is 2. The minimum absolute atomic E-state index is 0.0175. The van der Waals surface area contributed by atoms with Crippen LogP contribution in [0.4, 0.5) is 0 Å². The van der Waals surface area contributed by atoms with Crippen LogP contribution in [0, 0.1) is 0 Å². The van der Waals surface area contributed by atoms with E-state index >= 15 is 0 Å². The zero-order valence-electron chi connectivity index (χ0n) is 11.1. The molecule has 1 aromatic carbocycles. The summed E-state index contributed by atoms with van der Waals surface area (Å²) in [6.45, 7) is 2.24. The predicted molar refractivity (Wildman–Crippen MR) is 69.3 cm³/mol. The van der Waals surface area contributed by atoms with E-state index in [1.54, 1.807) is 21.1 Å². The molecular formula is C14H19NO3. The lowest BCUT2D eigenvalue weighted by molar-refractivity contribution is -0.119. The summed E-state index contributed by atoms with van der Waals surface area (Å²) < 4.78 is 10.7. The van der Waals surface area contributed by atoms with E-state index in [4.69, 9.17) is 9.47 Å². The van der Waals surface area contributed by atoms with Crippen LogP contribution in [-0.4, -0.2) is 26.7 Å². The van der Waals surface area contributed by atoms with Crippen molar-refractivity contribution in [3.63, 3.8) is 0 Å². The predicted octanol–water partition coefficient (Wildman–Crippen LogP) is 1.87. The SMILES string of the molecule is COc1ccc2c(c1OC)CCC2CNC(C)=O. The summed E-state index contributed by atoms with van der Waals surface area (Å²) >= 11 is 0. The molecule has 0 spiro atoms. The Bertz CT molecular complexity index is 457. The van der Waals surface area contributed by atoms with Crippen molar-refractivity contribution in [1.29, 1.82) is 0 Å². The number of methoxy groups -OCH3 is 2. The number of fused-ring (bicyclic) bond motifs is 1. The summed E-state index contributed by atoms with van der Waals surface area (Å²) in [6, 6.07) is 4.01. The molecule has 0 aliphatic heterocycles. The third kappa shape index (κ3) is 2.28. The van der Waals surface area contributed by atoms with Gasteiger partial charge in [0.05, 0.1) is 14.2 Å². The summed E-state index contributed by atoms with van der Waals surface area (Å²) in [7, 11) is 3.31. The monoisotopic (exact) mass is 249 g/mol. The Kier molecular flexibility index (Phi) is 3.75. The van der Waals surface area contributed by atoms with Crippen molar-refractivity contribution in [2.24, 2.45) is 0 Å². The van der Waals surface area contributed by atoms with Gasteiger partial charge in [-0.1, -0.05) is 6.07 Å². The largest absolute Gasteiger partial charge is 0.493 e. The summed E-state index contributed by atoms with van der Waals surface area (Å²) in [4.78, 5) is 11.0. The van der Waals surface area contributed by atoms with Gasteiger partial charge in [-0.05, 0) is 24.5 Å². The minimum atomic E-state index is 0.0175. The van der Waals surface area contributed by atoms with E-state index < -0.39 is 0 Å². The number of carbonyl (C=O) groups is 1. The molecule has 0 fully saturated rings. The lowest BCUT2D eigenvalue weighted by atomic mass is 10.0.